The van der Waals surface area contributed by atoms with Crippen LogP contribution in [0.3, 0.4) is 0 Å². The maximum Gasteiger partial charge on any atom is 0.303 e. The van der Waals surface area contributed by atoms with E-state index in [1.54, 1.807) is 12.3 Å². The van der Waals surface area contributed by atoms with Crippen molar-refractivity contribution in [2.24, 2.45) is 0 Å². The molecule has 0 saturated carbocycles. The van der Waals surface area contributed by atoms with Crippen LogP contribution in [0.2, 0.25) is 0 Å². The van der Waals surface area contributed by atoms with E-state index in [0.29, 0.717) is 0 Å². The lowest BCUT2D eigenvalue weighted by atomic mass is 9.89. The summed E-state index contributed by atoms with van der Waals surface area (Å²) in [4.78, 5) is 27.3. The molecule has 1 heterocycles. The van der Waals surface area contributed by atoms with Crippen molar-refractivity contribution in [1.29, 1.82) is 0 Å². The maximum atomic E-state index is 11.6. The summed E-state index contributed by atoms with van der Waals surface area (Å²) in [5.74, 6) is -0.879. The molecule has 2 atom stereocenters. The molecule has 0 bridgehead atoms. The number of halogens is 1. The second-order valence-electron chi connectivity index (χ2n) is 5.22. The van der Waals surface area contributed by atoms with Crippen LogP contribution in [-0.2, 0) is 19.1 Å². The van der Waals surface area contributed by atoms with Gasteiger partial charge in [-0.1, -0.05) is 28.1 Å². The van der Waals surface area contributed by atoms with E-state index in [2.05, 4.69) is 20.9 Å². The van der Waals surface area contributed by atoms with Crippen molar-refractivity contribution in [1.82, 2.24) is 4.98 Å². The maximum absolute atomic E-state index is 11.6. The number of rotatable bonds is 2. The lowest BCUT2D eigenvalue weighted by Crippen LogP contribution is -2.29. The molecular weight excluding hydrogens is 362 g/mol. The third-order valence-corrected chi connectivity index (χ3v) is 4.26. The van der Waals surface area contributed by atoms with Gasteiger partial charge < -0.3 is 9.47 Å². The number of carbonyl (C=O) groups is 2. The molecule has 118 valence electrons. The Morgan fingerprint density at radius 2 is 1.87 bits per heavy atom. The molecular formula is C17H14BrNO4. The predicted octanol–water partition coefficient (Wildman–Crippen LogP) is 3.52. The topological polar surface area (TPSA) is 65.5 Å². The van der Waals surface area contributed by atoms with E-state index in [1.807, 2.05) is 24.3 Å². The molecule has 1 aliphatic rings. The Balaban J connectivity index is 2.23. The van der Waals surface area contributed by atoms with Gasteiger partial charge in [0.1, 0.15) is 0 Å². The van der Waals surface area contributed by atoms with Gasteiger partial charge in [0.25, 0.3) is 0 Å². The first-order chi connectivity index (χ1) is 11.0. The van der Waals surface area contributed by atoms with Crippen LogP contribution in [0.15, 0.2) is 36.5 Å². The number of aromatic nitrogens is 1. The third-order valence-electron chi connectivity index (χ3n) is 3.57. The Morgan fingerprint density at radius 1 is 1.13 bits per heavy atom. The Kier molecular flexibility index (Phi) is 4.17. The second kappa shape index (κ2) is 6.12. The van der Waals surface area contributed by atoms with E-state index in [-0.39, 0.29) is 0 Å². The van der Waals surface area contributed by atoms with Crippen LogP contribution < -0.4 is 0 Å². The van der Waals surface area contributed by atoms with E-state index >= 15 is 0 Å². The van der Waals surface area contributed by atoms with E-state index in [9.17, 15) is 9.59 Å². The van der Waals surface area contributed by atoms with Gasteiger partial charge in [-0.15, -0.1) is 0 Å². The van der Waals surface area contributed by atoms with Gasteiger partial charge in [0.2, 0.25) is 0 Å². The van der Waals surface area contributed by atoms with E-state index in [4.69, 9.17) is 9.47 Å². The van der Waals surface area contributed by atoms with Gasteiger partial charge in [-0.3, -0.25) is 14.6 Å². The number of hydrogen-bond donors (Lipinski definition) is 0. The average Bonchev–Trinajstić information content (AvgIpc) is 2.49. The molecule has 0 radical (unpaired) electrons. The quantitative estimate of drug-likeness (QED) is 0.751. The standard InChI is InChI=1S/C17H14BrNO4/c1-9(20)22-15-8-13(18)11-5-6-14-12(4-3-7-19-14)16(11)17(15)23-10(2)21/h3-8,15,17H,1-2H3/t15-,17+/m0/s1. The average molecular weight is 376 g/mol. The van der Waals surface area contributed by atoms with Gasteiger partial charge in [0.15, 0.2) is 12.2 Å². The molecule has 5 nitrogen and oxygen atoms in total. The fourth-order valence-electron chi connectivity index (χ4n) is 2.77. The third kappa shape index (κ3) is 2.99. The van der Waals surface area contributed by atoms with E-state index in [1.165, 1.54) is 13.8 Å². The van der Waals surface area contributed by atoms with Crippen LogP contribution in [0.1, 0.15) is 31.1 Å². The number of ether oxygens (including phenoxy) is 2. The second-order valence-corrected chi connectivity index (χ2v) is 6.07. The molecule has 3 rings (SSSR count). The van der Waals surface area contributed by atoms with E-state index < -0.39 is 24.1 Å². The van der Waals surface area contributed by atoms with Crippen molar-refractivity contribution < 1.29 is 19.1 Å². The normalized spacial score (nSPS) is 19.7. The van der Waals surface area contributed by atoms with Gasteiger partial charge in [-0.25, -0.2) is 0 Å². The molecule has 0 unspecified atom stereocenters. The fourth-order valence-corrected chi connectivity index (χ4v) is 3.37. The van der Waals surface area contributed by atoms with Gasteiger partial charge in [0.05, 0.1) is 5.52 Å². The SMILES string of the molecule is CC(=O)O[C@H]1C=C(Br)c2ccc3ncccc3c2[C@@H]1OC(C)=O. The summed E-state index contributed by atoms with van der Waals surface area (Å²) in [5.41, 5.74) is 2.46. The largest absolute Gasteiger partial charge is 0.454 e. The molecule has 2 aromatic rings. The number of carbonyl (C=O) groups excluding carboxylic acids is 2. The summed E-state index contributed by atoms with van der Waals surface area (Å²) < 4.78 is 11.6. The minimum Gasteiger partial charge on any atom is -0.454 e. The number of hydrogen-bond acceptors (Lipinski definition) is 5. The van der Waals surface area contributed by atoms with Crippen LogP contribution in [0.25, 0.3) is 15.4 Å². The number of benzene rings is 1. The molecule has 23 heavy (non-hydrogen) atoms. The molecule has 1 aliphatic carbocycles. The molecule has 0 N–H and O–H groups in total. The molecule has 0 spiro atoms. The van der Waals surface area contributed by atoms with Crippen LogP contribution in [0, 0.1) is 0 Å². The first-order valence-corrected chi connectivity index (χ1v) is 7.86. The highest BCUT2D eigenvalue weighted by Gasteiger charge is 2.35. The summed E-state index contributed by atoms with van der Waals surface area (Å²) in [7, 11) is 0. The number of nitrogens with zero attached hydrogens (tertiary/aromatic N) is 1. The highest BCUT2D eigenvalue weighted by Crippen LogP contribution is 2.42. The van der Waals surface area contributed by atoms with Crippen molar-refractivity contribution in [3.63, 3.8) is 0 Å². The van der Waals surface area contributed by atoms with Crippen molar-refractivity contribution in [2.75, 3.05) is 0 Å². The van der Waals surface area contributed by atoms with Crippen LogP contribution in [0.4, 0.5) is 0 Å². The zero-order chi connectivity index (χ0) is 16.6. The number of pyridine rings is 1. The zero-order valence-electron chi connectivity index (χ0n) is 12.6. The summed E-state index contributed by atoms with van der Waals surface area (Å²) in [6.07, 6.45) is 2.04. The van der Waals surface area contributed by atoms with Crippen molar-refractivity contribution in [2.45, 2.75) is 26.1 Å². The first-order valence-electron chi connectivity index (χ1n) is 7.07. The molecule has 0 fully saturated rings. The Hall–Kier alpha value is -2.21. The predicted molar refractivity (Wildman–Crippen MR) is 88.7 cm³/mol. The minimum atomic E-state index is -0.708. The molecule has 0 aliphatic heterocycles. The molecule has 6 heteroatoms. The van der Waals surface area contributed by atoms with Crippen molar-refractivity contribution >= 4 is 43.3 Å². The Bertz CT molecular complexity index is 830. The van der Waals surface area contributed by atoms with Crippen LogP contribution in [-0.4, -0.2) is 23.0 Å². The first kappa shape index (κ1) is 15.7. The monoisotopic (exact) mass is 375 g/mol. The van der Waals surface area contributed by atoms with Crippen LogP contribution in [0.5, 0.6) is 0 Å². The lowest BCUT2D eigenvalue weighted by molar-refractivity contribution is -0.162. The van der Waals surface area contributed by atoms with Gasteiger partial charge >= 0.3 is 11.9 Å². The minimum absolute atomic E-state index is 0.439. The summed E-state index contributed by atoms with van der Waals surface area (Å²) in [6, 6.07) is 7.54. The van der Waals surface area contributed by atoms with Crippen LogP contribution >= 0.6 is 15.9 Å². The smallest absolute Gasteiger partial charge is 0.303 e. The van der Waals surface area contributed by atoms with Gasteiger partial charge in [-0.2, -0.15) is 0 Å². The molecule has 0 amide bonds. The fraction of sp³-hybridized carbons (Fsp3) is 0.235. The summed E-state index contributed by atoms with van der Waals surface area (Å²) >= 11 is 3.51. The highest BCUT2D eigenvalue weighted by molar-refractivity contribution is 9.15. The Labute approximate surface area is 141 Å². The number of fused-ring (bicyclic) bond motifs is 3. The zero-order valence-corrected chi connectivity index (χ0v) is 14.2. The van der Waals surface area contributed by atoms with Gasteiger partial charge in [-0.05, 0) is 23.8 Å². The highest BCUT2D eigenvalue weighted by atomic mass is 79.9. The number of esters is 2. The summed E-state index contributed by atoms with van der Waals surface area (Å²) in [5, 5.41) is 0.860. The lowest BCUT2D eigenvalue weighted by Gasteiger charge is -2.31. The summed E-state index contributed by atoms with van der Waals surface area (Å²) in [6.45, 7) is 2.66. The van der Waals surface area contributed by atoms with Crippen molar-refractivity contribution in [3.05, 3.63) is 47.7 Å². The molecule has 0 saturated heterocycles. The van der Waals surface area contributed by atoms with Gasteiger partial charge in [0, 0.05) is 35.5 Å². The molecule has 1 aromatic carbocycles. The Morgan fingerprint density at radius 3 is 2.57 bits per heavy atom. The van der Waals surface area contributed by atoms with E-state index in [0.717, 1.165) is 26.5 Å². The van der Waals surface area contributed by atoms with Crippen molar-refractivity contribution in [3.8, 4) is 0 Å². The molecule has 1 aromatic heterocycles.